The number of nitrogen functional groups attached to an aromatic ring is 1. The van der Waals surface area contributed by atoms with E-state index < -0.39 is 0 Å². The molecule has 5 nitrogen and oxygen atoms in total. The summed E-state index contributed by atoms with van der Waals surface area (Å²) in [6, 6.07) is 14.5. The van der Waals surface area contributed by atoms with E-state index in [-0.39, 0.29) is 11.7 Å². The standard InChI is InChI=1S/C16H11N3O2/c17-11-5-6-13-12(8-11)18-9-19(13)16(20)15-7-10-3-1-2-4-14(10)21-15/h1-9H,17H2. The molecule has 2 N–H and O–H groups in total. The summed E-state index contributed by atoms with van der Waals surface area (Å²) in [6.07, 6.45) is 1.49. The predicted octanol–water partition coefficient (Wildman–Crippen LogP) is 3.05. The molecule has 0 amide bonds. The molecule has 4 aromatic rings. The van der Waals surface area contributed by atoms with Crippen molar-refractivity contribution in [3.8, 4) is 0 Å². The molecule has 0 aliphatic carbocycles. The Bertz CT molecular complexity index is 948. The second-order valence-corrected chi connectivity index (χ2v) is 4.82. The highest BCUT2D eigenvalue weighted by atomic mass is 16.3. The highest BCUT2D eigenvalue weighted by Gasteiger charge is 2.16. The largest absolute Gasteiger partial charge is 0.451 e. The van der Waals surface area contributed by atoms with E-state index in [1.165, 1.54) is 10.9 Å². The first-order valence-corrected chi connectivity index (χ1v) is 6.48. The molecule has 0 aliphatic heterocycles. The van der Waals surface area contributed by atoms with Gasteiger partial charge < -0.3 is 10.2 Å². The van der Waals surface area contributed by atoms with Gasteiger partial charge in [0.1, 0.15) is 11.9 Å². The van der Waals surface area contributed by atoms with Crippen molar-refractivity contribution >= 4 is 33.6 Å². The lowest BCUT2D eigenvalue weighted by Crippen LogP contribution is -2.09. The summed E-state index contributed by atoms with van der Waals surface area (Å²) >= 11 is 0. The van der Waals surface area contributed by atoms with Gasteiger partial charge >= 0.3 is 0 Å². The average Bonchev–Trinajstić information content (AvgIpc) is 3.09. The van der Waals surface area contributed by atoms with Gasteiger partial charge in [-0.05, 0) is 30.3 Å². The van der Waals surface area contributed by atoms with Crippen LogP contribution in [0.1, 0.15) is 10.6 Å². The molecule has 0 bridgehead atoms. The molecule has 0 unspecified atom stereocenters. The maximum Gasteiger partial charge on any atom is 0.299 e. The Morgan fingerprint density at radius 2 is 2.00 bits per heavy atom. The van der Waals surface area contributed by atoms with Gasteiger partial charge in [0.25, 0.3) is 5.91 Å². The summed E-state index contributed by atoms with van der Waals surface area (Å²) in [5.74, 6) is 0.0331. The second kappa shape index (κ2) is 4.21. The maximum atomic E-state index is 12.6. The van der Waals surface area contributed by atoms with Gasteiger partial charge in [-0.3, -0.25) is 9.36 Å². The van der Waals surface area contributed by atoms with Crippen molar-refractivity contribution in [3.63, 3.8) is 0 Å². The molecule has 0 saturated heterocycles. The highest BCUT2D eigenvalue weighted by molar-refractivity contribution is 6.02. The molecule has 5 heteroatoms. The third-order valence-corrected chi connectivity index (χ3v) is 3.43. The fourth-order valence-corrected chi connectivity index (χ4v) is 2.40. The third kappa shape index (κ3) is 1.79. The van der Waals surface area contributed by atoms with Crippen molar-refractivity contribution in [2.75, 3.05) is 5.73 Å². The molecule has 0 radical (unpaired) electrons. The summed E-state index contributed by atoms with van der Waals surface area (Å²) < 4.78 is 7.07. The van der Waals surface area contributed by atoms with Crippen LogP contribution < -0.4 is 5.73 Å². The second-order valence-electron chi connectivity index (χ2n) is 4.82. The first-order chi connectivity index (χ1) is 10.2. The van der Waals surface area contributed by atoms with Crippen LogP contribution in [-0.2, 0) is 0 Å². The predicted molar refractivity (Wildman–Crippen MR) is 80.1 cm³/mol. The van der Waals surface area contributed by atoms with Gasteiger partial charge in [0.15, 0.2) is 5.76 Å². The number of para-hydroxylation sites is 1. The smallest absolute Gasteiger partial charge is 0.299 e. The first-order valence-electron chi connectivity index (χ1n) is 6.48. The molecule has 4 rings (SSSR count). The number of rotatable bonds is 1. The normalized spacial score (nSPS) is 11.2. The Morgan fingerprint density at radius 3 is 2.86 bits per heavy atom. The lowest BCUT2D eigenvalue weighted by molar-refractivity contribution is 0.0939. The minimum absolute atomic E-state index is 0.251. The van der Waals surface area contributed by atoms with Gasteiger partial charge in [-0.1, -0.05) is 18.2 Å². The zero-order valence-corrected chi connectivity index (χ0v) is 11.0. The number of imidazole rings is 1. The van der Waals surface area contributed by atoms with Crippen LogP contribution in [0.5, 0.6) is 0 Å². The Balaban J connectivity index is 1.85. The number of carbonyl (C=O) groups excluding carboxylic acids is 1. The van der Waals surface area contributed by atoms with E-state index in [4.69, 9.17) is 10.2 Å². The number of carbonyl (C=O) groups is 1. The number of benzene rings is 2. The van der Waals surface area contributed by atoms with Gasteiger partial charge in [-0.2, -0.15) is 0 Å². The fourth-order valence-electron chi connectivity index (χ4n) is 2.40. The van der Waals surface area contributed by atoms with E-state index in [1.807, 2.05) is 24.3 Å². The molecule has 0 fully saturated rings. The molecular weight excluding hydrogens is 266 g/mol. The van der Waals surface area contributed by atoms with Crippen molar-refractivity contribution < 1.29 is 9.21 Å². The Labute approximate surface area is 119 Å². The molecule has 2 aromatic heterocycles. The van der Waals surface area contributed by atoms with Gasteiger partial charge in [-0.25, -0.2) is 4.98 Å². The van der Waals surface area contributed by atoms with Gasteiger partial charge in [0.2, 0.25) is 0 Å². The zero-order chi connectivity index (χ0) is 14.4. The summed E-state index contributed by atoms with van der Waals surface area (Å²) in [5.41, 5.74) is 8.41. The fraction of sp³-hybridized carbons (Fsp3) is 0. The Kier molecular flexibility index (Phi) is 2.35. The van der Waals surface area contributed by atoms with E-state index in [9.17, 15) is 4.79 Å². The van der Waals surface area contributed by atoms with E-state index in [1.54, 1.807) is 24.3 Å². The van der Waals surface area contributed by atoms with Gasteiger partial charge in [0.05, 0.1) is 11.0 Å². The third-order valence-electron chi connectivity index (χ3n) is 3.43. The monoisotopic (exact) mass is 277 g/mol. The van der Waals surface area contributed by atoms with Gasteiger partial charge in [0, 0.05) is 11.1 Å². The highest BCUT2D eigenvalue weighted by Crippen LogP contribution is 2.22. The van der Waals surface area contributed by atoms with Crippen LogP contribution >= 0.6 is 0 Å². The lowest BCUT2D eigenvalue weighted by atomic mass is 10.2. The number of furan rings is 1. The van der Waals surface area contributed by atoms with Crippen molar-refractivity contribution in [2.45, 2.75) is 0 Å². The summed E-state index contributed by atoms with van der Waals surface area (Å²) in [5, 5.41) is 0.898. The molecule has 0 atom stereocenters. The van der Waals surface area contributed by atoms with Crippen molar-refractivity contribution in [1.82, 2.24) is 9.55 Å². The minimum atomic E-state index is -0.251. The summed E-state index contributed by atoms with van der Waals surface area (Å²) in [7, 11) is 0. The average molecular weight is 277 g/mol. The number of aromatic nitrogens is 2. The van der Waals surface area contributed by atoms with E-state index in [0.717, 1.165) is 5.39 Å². The summed E-state index contributed by atoms with van der Waals surface area (Å²) in [6.45, 7) is 0. The van der Waals surface area contributed by atoms with Crippen LogP contribution in [0, 0.1) is 0 Å². The zero-order valence-electron chi connectivity index (χ0n) is 11.0. The molecule has 21 heavy (non-hydrogen) atoms. The van der Waals surface area contributed by atoms with Crippen molar-refractivity contribution in [1.29, 1.82) is 0 Å². The van der Waals surface area contributed by atoms with Crippen LogP contribution in [-0.4, -0.2) is 15.5 Å². The number of nitrogens with two attached hydrogens (primary N) is 1. The maximum absolute atomic E-state index is 12.6. The van der Waals surface area contributed by atoms with Gasteiger partial charge in [-0.15, -0.1) is 0 Å². The SMILES string of the molecule is Nc1ccc2c(c1)ncn2C(=O)c1cc2ccccc2o1. The molecule has 2 heterocycles. The number of nitrogens with zero attached hydrogens (tertiary/aromatic N) is 2. The number of hydrogen-bond acceptors (Lipinski definition) is 4. The van der Waals surface area contributed by atoms with Crippen LogP contribution in [0.15, 0.2) is 59.3 Å². The molecule has 0 spiro atoms. The summed E-state index contributed by atoms with van der Waals surface area (Å²) in [4.78, 5) is 16.8. The Morgan fingerprint density at radius 1 is 1.14 bits per heavy atom. The number of anilines is 1. The molecular formula is C16H11N3O2. The van der Waals surface area contributed by atoms with Crippen LogP contribution in [0.4, 0.5) is 5.69 Å². The van der Waals surface area contributed by atoms with Crippen LogP contribution in [0.2, 0.25) is 0 Å². The van der Waals surface area contributed by atoms with E-state index in [0.29, 0.717) is 22.3 Å². The van der Waals surface area contributed by atoms with Crippen LogP contribution in [0.3, 0.4) is 0 Å². The molecule has 2 aromatic carbocycles. The van der Waals surface area contributed by atoms with E-state index >= 15 is 0 Å². The lowest BCUT2D eigenvalue weighted by Gasteiger charge is -2.00. The Hall–Kier alpha value is -3.08. The molecule has 0 aliphatic rings. The van der Waals surface area contributed by atoms with E-state index in [2.05, 4.69) is 4.98 Å². The first kappa shape index (κ1) is 11.7. The molecule has 0 saturated carbocycles. The molecule has 102 valence electrons. The minimum Gasteiger partial charge on any atom is -0.451 e. The quantitative estimate of drug-likeness (QED) is 0.543. The van der Waals surface area contributed by atoms with Crippen molar-refractivity contribution in [3.05, 3.63) is 60.6 Å². The topological polar surface area (TPSA) is 74.0 Å². The van der Waals surface area contributed by atoms with Crippen molar-refractivity contribution in [2.24, 2.45) is 0 Å². The number of hydrogen-bond donors (Lipinski definition) is 1. The number of fused-ring (bicyclic) bond motifs is 2. The van der Waals surface area contributed by atoms with Crippen LogP contribution in [0.25, 0.3) is 22.0 Å².